The van der Waals surface area contributed by atoms with Crippen molar-refractivity contribution in [1.29, 1.82) is 0 Å². The fourth-order valence-corrected chi connectivity index (χ4v) is 4.92. The number of rotatable bonds is 2. The van der Waals surface area contributed by atoms with E-state index < -0.39 is 10.0 Å². The zero-order chi connectivity index (χ0) is 24.1. The number of nitrogens with one attached hydrogen (secondary N) is 1. The highest BCUT2D eigenvalue weighted by atomic mass is 32.2. The normalized spacial score (nSPS) is 18.3. The Morgan fingerprint density at radius 2 is 1.79 bits per heavy atom. The molecule has 1 fully saturated rings. The first-order valence-electron chi connectivity index (χ1n) is 11.3. The molecule has 0 radical (unpaired) electrons. The number of fused-ring (bicyclic) bond motifs is 3. The summed E-state index contributed by atoms with van der Waals surface area (Å²) >= 11 is 0. The molecule has 0 unspecified atom stereocenters. The van der Waals surface area contributed by atoms with Gasteiger partial charge in [-0.3, -0.25) is 9.59 Å². The highest BCUT2D eigenvalue weighted by Gasteiger charge is 2.27. The number of benzene rings is 2. The first kappa shape index (κ1) is 24.2. The first-order valence-corrected chi connectivity index (χ1v) is 13.1. The van der Waals surface area contributed by atoms with E-state index in [9.17, 15) is 18.0 Å². The van der Waals surface area contributed by atoms with Crippen molar-refractivity contribution in [2.75, 3.05) is 58.8 Å². The van der Waals surface area contributed by atoms with Gasteiger partial charge in [-0.2, -0.15) is 4.31 Å². The van der Waals surface area contributed by atoms with Crippen molar-refractivity contribution in [3.05, 3.63) is 64.7 Å². The lowest BCUT2D eigenvalue weighted by molar-refractivity contribution is 0.0698. The maximum Gasteiger partial charge on any atom is 0.253 e. The molecule has 0 saturated carbocycles. The van der Waals surface area contributed by atoms with Crippen molar-refractivity contribution in [3.63, 3.8) is 0 Å². The number of nitrogens with zero attached hydrogens (tertiary/aromatic N) is 2. The minimum absolute atomic E-state index is 0.146. The molecule has 0 aromatic heterocycles. The number of sulfonamides is 1. The molecular formula is C24H29N3O6S. The molecule has 10 heteroatoms. The smallest absolute Gasteiger partial charge is 0.253 e. The molecule has 2 aliphatic heterocycles. The van der Waals surface area contributed by atoms with Crippen molar-refractivity contribution in [2.24, 2.45) is 0 Å². The maximum absolute atomic E-state index is 13.2. The van der Waals surface area contributed by atoms with E-state index in [4.69, 9.17) is 9.47 Å². The predicted octanol–water partition coefficient (Wildman–Crippen LogP) is 1.13. The fraction of sp³-hybridized carbons (Fsp3) is 0.417. The topological polar surface area (TPSA) is 105 Å². The van der Waals surface area contributed by atoms with E-state index in [2.05, 4.69) is 5.32 Å². The van der Waals surface area contributed by atoms with Crippen LogP contribution in [0.25, 0.3) is 0 Å². The van der Waals surface area contributed by atoms with Gasteiger partial charge in [0.2, 0.25) is 10.0 Å². The van der Waals surface area contributed by atoms with Crippen LogP contribution in [0.1, 0.15) is 31.8 Å². The van der Waals surface area contributed by atoms with Crippen LogP contribution in [0.4, 0.5) is 0 Å². The predicted molar refractivity (Wildman–Crippen MR) is 127 cm³/mol. The number of carbonyl (C=O) groups excluding carboxylic acids is 2. The average molecular weight is 488 g/mol. The molecule has 1 saturated heterocycles. The molecule has 34 heavy (non-hydrogen) atoms. The Hall–Kier alpha value is -2.95. The van der Waals surface area contributed by atoms with Gasteiger partial charge in [0.25, 0.3) is 11.8 Å². The molecule has 2 aromatic carbocycles. The van der Waals surface area contributed by atoms with Gasteiger partial charge in [0.1, 0.15) is 12.4 Å². The Labute approximate surface area is 199 Å². The molecule has 0 spiro atoms. The van der Waals surface area contributed by atoms with Gasteiger partial charge in [0, 0.05) is 50.3 Å². The van der Waals surface area contributed by atoms with Crippen LogP contribution < -0.4 is 10.1 Å². The number of ether oxygens (including phenoxy) is 2. The largest absolute Gasteiger partial charge is 0.491 e. The van der Waals surface area contributed by atoms with Crippen molar-refractivity contribution < 1.29 is 27.5 Å². The van der Waals surface area contributed by atoms with Crippen molar-refractivity contribution >= 4 is 21.8 Å². The zero-order valence-electron chi connectivity index (χ0n) is 19.2. The van der Waals surface area contributed by atoms with E-state index in [0.717, 1.165) is 11.1 Å². The third kappa shape index (κ3) is 5.94. The van der Waals surface area contributed by atoms with E-state index in [-0.39, 0.29) is 24.9 Å². The Bertz CT molecular complexity index is 1160. The summed E-state index contributed by atoms with van der Waals surface area (Å²) < 4.78 is 36.4. The zero-order valence-corrected chi connectivity index (χ0v) is 20.0. The third-order valence-electron chi connectivity index (χ3n) is 5.90. The molecule has 0 atom stereocenters. The maximum atomic E-state index is 13.2. The Morgan fingerprint density at radius 3 is 2.56 bits per heavy atom. The van der Waals surface area contributed by atoms with Gasteiger partial charge >= 0.3 is 0 Å². The van der Waals surface area contributed by atoms with Crippen LogP contribution in [0.5, 0.6) is 5.75 Å². The standard InChI is InChI=1S/C24H29N3O6S/c1-34(30,31)27-10-8-26(9-11-27)24(29)20-5-6-22-21(17-20)16-18-3-2-4-19(15-18)23(28)25-7-12-32-13-14-33-22/h2-6,15,17H,7-14,16H2,1H3,(H,25,28). The second-order valence-corrected chi connectivity index (χ2v) is 10.4. The average Bonchev–Trinajstić information content (AvgIpc) is 2.83. The van der Waals surface area contributed by atoms with E-state index in [1.165, 1.54) is 10.6 Å². The minimum atomic E-state index is -3.27. The number of piperazine rings is 1. The van der Waals surface area contributed by atoms with Crippen molar-refractivity contribution in [1.82, 2.24) is 14.5 Å². The van der Waals surface area contributed by atoms with E-state index >= 15 is 0 Å². The Kier molecular flexibility index (Phi) is 7.50. The molecule has 2 heterocycles. The van der Waals surface area contributed by atoms with Crippen LogP contribution in [0.3, 0.4) is 0 Å². The summed E-state index contributed by atoms with van der Waals surface area (Å²) in [6.07, 6.45) is 1.67. The molecule has 2 aromatic rings. The van der Waals surface area contributed by atoms with Crippen LogP contribution in [-0.4, -0.2) is 88.2 Å². The van der Waals surface area contributed by atoms with E-state index in [1.807, 2.05) is 24.3 Å². The highest BCUT2D eigenvalue weighted by molar-refractivity contribution is 7.88. The summed E-state index contributed by atoms with van der Waals surface area (Å²) in [6, 6.07) is 12.7. The number of carbonyl (C=O) groups is 2. The van der Waals surface area contributed by atoms with Crippen molar-refractivity contribution in [2.45, 2.75) is 6.42 Å². The first-order chi connectivity index (χ1) is 16.3. The van der Waals surface area contributed by atoms with Gasteiger partial charge in [-0.25, -0.2) is 8.42 Å². The molecule has 9 nitrogen and oxygen atoms in total. The lowest BCUT2D eigenvalue weighted by atomic mass is 9.99. The molecule has 2 aliphatic rings. The molecule has 4 rings (SSSR count). The minimum Gasteiger partial charge on any atom is -0.491 e. The highest BCUT2D eigenvalue weighted by Crippen LogP contribution is 2.25. The van der Waals surface area contributed by atoms with Gasteiger partial charge in [-0.1, -0.05) is 12.1 Å². The van der Waals surface area contributed by atoms with Crippen molar-refractivity contribution in [3.8, 4) is 5.75 Å². The molecule has 182 valence electrons. The summed E-state index contributed by atoms with van der Waals surface area (Å²) in [5.74, 6) is 0.358. The quantitative estimate of drug-likeness (QED) is 0.681. The fourth-order valence-electron chi connectivity index (χ4n) is 4.09. The number of hydrogen-bond acceptors (Lipinski definition) is 6. The van der Waals surface area contributed by atoms with Gasteiger partial charge in [0.15, 0.2) is 0 Å². The molecular weight excluding hydrogens is 458 g/mol. The second-order valence-electron chi connectivity index (χ2n) is 8.37. The summed E-state index contributed by atoms with van der Waals surface area (Å²) in [4.78, 5) is 27.3. The second kappa shape index (κ2) is 10.5. The Balaban J connectivity index is 1.57. The van der Waals surface area contributed by atoms with E-state index in [0.29, 0.717) is 62.8 Å². The Morgan fingerprint density at radius 1 is 1.00 bits per heavy atom. The molecule has 2 amide bonds. The van der Waals surface area contributed by atoms with Gasteiger partial charge in [0.05, 0.1) is 19.5 Å². The number of hydrogen-bond donors (Lipinski definition) is 1. The van der Waals surface area contributed by atoms with Gasteiger partial charge < -0.3 is 19.7 Å². The molecule has 2 bridgehead atoms. The summed E-state index contributed by atoms with van der Waals surface area (Å²) in [6.45, 7) is 2.79. The van der Waals surface area contributed by atoms with Crippen LogP contribution >= 0.6 is 0 Å². The van der Waals surface area contributed by atoms with Crippen LogP contribution in [-0.2, 0) is 21.2 Å². The molecule has 1 N–H and O–H groups in total. The number of amides is 2. The lowest BCUT2D eigenvalue weighted by Crippen LogP contribution is -2.50. The van der Waals surface area contributed by atoms with Crippen LogP contribution in [0, 0.1) is 0 Å². The summed E-state index contributed by atoms with van der Waals surface area (Å²) in [5.41, 5.74) is 2.84. The van der Waals surface area contributed by atoms with E-state index in [1.54, 1.807) is 23.1 Å². The third-order valence-corrected chi connectivity index (χ3v) is 7.21. The summed E-state index contributed by atoms with van der Waals surface area (Å²) in [7, 11) is -3.27. The SMILES string of the molecule is CS(=O)(=O)N1CCN(C(=O)c2ccc3c(c2)Cc2cccc(c2)C(=O)NCCOCCO3)CC1. The summed E-state index contributed by atoms with van der Waals surface area (Å²) in [5, 5.41) is 2.84. The monoisotopic (exact) mass is 487 g/mol. The van der Waals surface area contributed by atoms with Crippen LogP contribution in [0.2, 0.25) is 0 Å². The van der Waals surface area contributed by atoms with Gasteiger partial charge in [-0.05, 0) is 41.5 Å². The lowest BCUT2D eigenvalue weighted by Gasteiger charge is -2.33. The molecule has 0 aliphatic carbocycles. The van der Waals surface area contributed by atoms with Gasteiger partial charge in [-0.15, -0.1) is 0 Å². The van der Waals surface area contributed by atoms with Crippen LogP contribution in [0.15, 0.2) is 42.5 Å².